The van der Waals surface area contributed by atoms with Crippen molar-refractivity contribution >= 4 is 30.0 Å². The number of amides is 3. The molecule has 0 saturated carbocycles. The van der Waals surface area contributed by atoms with E-state index in [-0.39, 0.29) is 18.8 Å². The third-order valence-corrected chi connectivity index (χ3v) is 6.53. The van der Waals surface area contributed by atoms with E-state index in [1.807, 2.05) is 50.2 Å². The molecule has 0 saturated heterocycles. The summed E-state index contributed by atoms with van der Waals surface area (Å²) in [6.07, 6.45) is 1.14. The van der Waals surface area contributed by atoms with Crippen LogP contribution in [-0.2, 0) is 30.3 Å². The lowest BCUT2D eigenvalue weighted by Gasteiger charge is -2.34. The van der Waals surface area contributed by atoms with Gasteiger partial charge in [-0.25, -0.2) is 9.59 Å². The Morgan fingerprint density at radius 2 is 1.54 bits per heavy atom. The summed E-state index contributed by atoms with van der Waals surface area (Å²) in [4.78, 5) is 55.9. The first kappa shape index (κ1) is 37.5. The largest absolute Gasteiger partial charge is 0.458 e. The van der Waals surface area contributed by atoms with Crippen LogP contribution in [0, 0.1) is 17.2 Å². The number of benzene rings is 2. The number of alkyl carbamates (subject to hydrolysis) is 1. The molecule has 2 rings (SSSR count). The Kier molecular flexibility index (Phi) is 13.5. The molecule has 2 aromatic carbocycles. The monoisotopic (exact) mass is 632 g/mol. The van der Waals surface area contributed by atoms with Gasteiger partial charge in [0.1, 0.15) is 35.9 Å². The van der Waals surface area contributed by atoms with Gasteiger partial charge in [0, 0.05) is 6.42 Å². The number of hydrogen-bond acceptors (Lipinski definition) is 7. The van der Waals surface area contributed by atoms with Gasteiger partial charge in [-0.15, -0.1) is 0 Å². The van der Waals surface area contributed by atoms with Crippen LogP contribution in [0.4, 0.5) is 4.79 Å². The Bertz CT molecular complexity index is 1400. The molecule has 0 aliphatic heterocycles. The number of nitrogens with one attached hydrogen (secondary N) is 2. The second-order valence-corrected chi connectivity index (χ2v) is 13.5. The summed E-state index contributed by atoms with van der Waals surface area (Å²) < 4.78 is 11.1. The van der Waals surface area contributed by atoms with Gasteiger partial charge in [0.25, 0.3) is 0 Å². The van der Waals surface area contributed by atoms with E-state index in [0.29, 0.717) is 11.1 Å². The molecule has 0 radical (unpaired) electrons. The normalized spacial score (nSPS) is 13.4. The van der Waals surface area contributed by atoms with Crippen molar-refractivity contribution in [3.8, 4) is 6.07 Å². The molecule has 0 aliphatic carbocycles. The molecule has 0 aromatic heterocycles. The van der Waals surface area contributed by atoms with Gasteiger partial charge >= 0.3 is 12.1 Å². The summed E-state index contributed by atoms with van der Waals surface area (Å²) >= 11 is 0. The summed E-state index contributed by atoms with van der Waals surface area (Å²) in [5.74, 6) is -2.03. The molecule has 0 bridgehead atoms. The van der Waals surface area contributed by atoms with Crippen LogP contribution in [0.5, 0.6) is 0 Å². The van der Waals surface area contributed by atoms with Crippen LogP contribution in [0.15, 0.2) is 61.2 Å². The fraction of sp³-hybridized carbons (Fsp3) is 0.472. The third kappa shape index (κ3) is 12.4. The molecule has 0 heterocycles. The van der Waals surface area contributed by atoms with Crippen LogP contribution in [0.2, 0.25) is 0 Å². The van der Waals surface area contributed by atoms with E-state index in [9.17, 15) is 24.4 Å². The zero-order valence-corrected chi connectivity index (χ0v) is 28.3. The van der Waals surface area contributed by atoms with E-state index in [1.165, 1.54) is 0 Å². The minimum absolute atomic E-state index is 0.0355. The van der Waals surface area contributed by atoms with Crippen molar-refractivity contribution in [2.24, 2.45) is 5.92 Å². The Labute approximate surface area is 273 Å². The number of ether oxygens (including phenoxy) is 2. The summed E-state index contributed by atoms with van der Waals surface area (Å²) in [5, 5.41) is 15.3. The van der Waals surface area contributed by atoms with Crippen molar-refractivity contribution in [2.45, 2.75) is 97.6 Å². The number of rotatable bonds is 13. The van der Waals surface area contributed by atoms with Gasteiger partial charge in [0.2, 0.25) is 11.8 Å². The van der Waals surface area contributed by atoms with Crippen LogP contribution in [-0.4, -0.2) is 58.6 Å². The summed E-state index contributed by atoms with van der Waals surface area (Å²) in [7, 11) is 0. The first-order valence-corrected chi connectivity index (χ1v) is 15.4. The maximum Gasteiger partial charge on any atom is 0.408 e. The maximum absolute atomic E-state index is 14.3. The van der Waals surface area contributed by atoms with E-state index in [4.69, 9.17) is 9.47 Å². The Morgan fingerprint density at radius 1 is 0.913 bits per heavy atom. The molecule has 0 aliphatic rings. The molecule has 0 fully saturated rings. The number of hydrogen-bond donors (Lipinski definition) is 2. The lowest BCUT2D eigenvalue weighted by Crippen LogP contribution is -2.55. The highest BCUT2D eigenvalue weighted by Crippen LogP contribution is 2.26. The highest BCUT2D eigenvalue weighted by molar-refractivity contribution is 5.94. The minimum atomic E-state index is -1.34. The topological polar surface area (TPSA) is 138 Å². The smallest absolute Gasteiger partial charge is 0.408 e. The molecule has 46 heavy (non-hydrogen) atoms. The van der Waals surface area contributed by atoms with Crippen molar-refractivity contribution in [2.75, 3.05) is 6.54 Å². The predicted octanol–water partition coefficient (Wildman–Crippen LogP) is 5.73. The van der Waals surface area contributed by atoms with Gasteiger partial charge in [0.05, 0.1) is 6.07 Å². The van der Waals surface area contributed by atoms with Gasteiger partial charge in [-0.2, -0.15) is 5.26 Å². The van der Waals surface area contributed by atoms with E-state index < -0.39 is 59.7 Å². The van der Waals surface area contributed by atoms with Gasteiger partial charge in [-0.3, -0.25) is 9.59 Å². The van der Waals surface area contributed by atoms with Gasteiger partial charge in [-0.05, 0) is 76.6 Å². The molecule has 10 heteroatoms. The van der Waals surface area contributed by atoms with E-state index in [0.717, 1.165) is 10.5 Å². The maximum atomic E-state index is 14.3. The average molecular weight is 633 g/mol. The van der Waals surface area contributed by atoms with Crippen LogP contribution in [0.1, 0.15) is 84.5 Å². The summed E-state index contributed by atoms with van der Waals surface area (Å²) in [6.45, 7) is 17.4. The highest BCUT2D eigenvalue weighted by Gasteiger charge is 2.38. The van der Waals surface area contributed by atoms with Crippen LogP contribution >= 0.6 is 0 Å². The third-order valence-electron chi connectivity index (χ3n) is 6.53. The molecule has 248 valence electrons. The molecular weight excluding hydrogens is 584 g/mol. The van der Waals surface area contributed by atoms with Crippen molar-refractivity contribution < 1.29 is 28.7 Å². The van der Waals surface area contributed by atoms with E-state index in [2.05, 4.69) is 17.2 Å². The second-order valence-electron chi connectivity index (χ2n) is 13.5. The van der Waals surface area contributed by atoms with Gasteiger partial charge < -0.3 is 25.0 Å². The standard InChI is InChI=1S/C36H48N4O6/c1-10-25-17-14-18-27(22-25)30(31(41)38-29(33(43)45-35(4,5)6)23-26-15-12-11-13-16-26)40(20-19-37)32(42)28(21-24(2)3)39-34(44)46-36(7,8)9/h10-18,22,24,28-30H,1,20-21,23H2,2-9H3,(H,38,41)(H,39,44). The van der Waals surface area contributed by atoms with Crippen molar-refractivity contribution in [1.82, 2.24) is 15.5 Å². The lowest BCUT2D eigenvalue weighted by molar-refractivity contribution is -0.159. The summed E-state index contributed by atoms with van der Waals surface area (Å²) in [6, 6.07) is 14.4. The van der Waals surface area contributed by atoms with Crippen molar-refractivity contribution in [3.63, 3.8) is 0 Å². The number of nitriles is 1. The quantitative estimate of drug-likeness (QED) is 0.212. The molecule has 3 amide bonds. The predicted molar refractivity (Wildman–Crippen MR) is 177 cm³/mol. The number of nitrogens with zero attached hydrogens (tertiary/aromatic N) is 2. The molecule has 3 atom stereocenters. The number of carbonyl (C=O) groups excluding carboxylic acids is 4. The van der Waals surface area contributed by atoms with Crippen LogP contribution in [0.3, 0.4) is 0 Å². The Hall–Kier alpha value is -4.65. The van der Waals surface area contributed by atoms with Gasteiger partial charge in [0.15, 0.2) is 0 Å². The molecule has 2 aromatic rings. The number of carbonyl (C=O) groups is 4. The molecular formula is C36H48N4O6. The average Bonchev–Trinajstić information content (AvgIpc) is 2.94. The summed E-state index contributed by atoms with van der Waals surface area (Å²) in [5.41, 5.74) is 0.215. The highest BCUT2D eigenvalue weighted by atomic mass is 16.6. The van der Waals surface area contributed by atoms with Crippen molar-refractivity contribution in [3.05, 3.63) is 77.9 Å². The molecule has 10 nitrogen and oxygen atoms in total. The fourth-order valence-electron chi connectivity index (χ4n) is 4.71. The molecule has 3 unspecified atom stereocenters. The Balaban J connectivity index is 2.62. The minimum Gasteiger partial charge on any atom is -0.458 e. The van der Waals surface area contributed by atoms with Crippen LogP contribution in [0.25, 0.3) is 6.08 Å². The van der Waals surface area contributed by atoms with E-state index in [1.54, 1.807) is 71.9 Å². The zero-order chi connectivity index (χ0) is 34.7. The SMILES string of the molecule is C=Cc1cccc(C(C(=O)NC(Cc2ccccc2)C(=O)OC(C)(C)C)N(CC#N)C(=O)C(CC(C)C)NC(=O)OC(C)(C)C)c1. The lowest BCUT2D eigenvalue weighted by atomic mass is 9.97. The van der Waals surface area contributed by atoms with E-state index >= 15 is 0 Å². The first-order valence-electron chi connectivity index (χ1n) is 15.4. The first-order chi connectivity index (χ1) is 21.4. The van der Waals surface area contributed by atoms with Crippen LogP contribution < -0.4 is 10.6 Å². The van der Waals surface area contributed by atoms with Gasteiger partial charge in [-0.1, -0.05) is 75.0 Å². The molecule has 2 N–H and O–H groups in total. The fourth-order valence-corrected chi connectivity index (χ4v) is 4.71. The molecule has 0 spiro atoms. The second kappa shape index (κ2) is 16.6. The Morgan fingerprint density at radius 3 is 2.09 bits per heavy atom. The van der Waals surface area contributed by atoms with Crippen molar-refractivity contribution in [1.29, 1.82) is 5.26 Å². The zero-order valence-electron chi connectivity index (χ0n) is 28.3. The number of esters is 1.